The number of nitrogens with two attached hydrogens (primary N) is 1. The second-order valence-corrected chi connectivity index (χ2v) is 4.10. The molecule has 3 heteroatoms. The molecule has 0 fully saturated rings. The fourth-order valence-electron chi connectivity index (χ4n) is 1.67. The first kappa shape index (κ1) is 12.0. The van der Waals surface area contributed by atoms with Gasteiger partial charge in [-0.25, -0.2) is 4.39 Å². The molecule has 0 saturated carbocycles. The summed E-state index contributed by atoms with van der Waals surface area (Å²) in [6.07, 6.45) is 0.819. The number of halogens is 1. The zero-order chi connectivity index (χ0) is 11.4. The first-order chi connectivity index (χ1) is 7.06. The molecule has 84 valence electrons. The second kappa shape index (κ2) is 5.12. The Bertz CT molecular complexity index is 325. The van der Waals surface area contributed by atoms with Crippen LogP contribution in [0.3, 0.4) is 0 Å². The molecule has 0 aliphatic heterocycles. The van der Waals surface area contributed by atoms with Crippen LogP contribution in [0.25, 0.3) is 0 Å². The van der Waals surface area contributed by atoms with E-state index < -0.39 is 0 Å². The van der Waals surface area contributed by atoms with Crippen LogP contribution < -0.4 is 10.5 Å². The molecule has 0 amide bonds. The van der Waals surface area contributed by atoms with Crippen LogP contribution in [0.4, 0.5) is 4.39 Å². The van der Waals surface area contributed by atoms with E-state index in [1.807, 2.05) is 6.07 Å². The summed E-state index contributed by atoms with van der Waals surface area (Å²) in [5.41, 5.74) is 6.74. The molecule has 0 bridgehead atoms. The maximum atomic E-state index is 13.4. The summed E-state index contributed by atoms with van der Waals surface area (Å²) in [4.78, 5) is 0. The van der Waals surface area contributed by atoms with E-state index in [1.54, 1.807) is 6.07 Å². The predicted molar refractivity (Wildman–Crippen MR) is 59.3 cm³/mol. The molecular weight excluding hydrogens is 193 g/mol. The van der Waals surface area contributed by atoms with Crippen LogP contribution in [0, 0.1) is 11.7 Å². The lowest BCUT2D eigenvalue weighted by molar-refractivity contribution is 0.373. The van der Waals surface area contributed by atoms with Gasteiger partial charge in [0, 0.05) is 11.6 Å². The minimum atomic E-state index is -0.353. The van der Waals surface area contributed by atoms with E-state index in [1.165, 1.54) is 13.2 Å². The number of ether oxygens (including phenoxy) is 1. The minimum absolute atomic E-state index is 0.171. The Morgan fingerprint density at radius 2 is 2.07 bits per heavy atom. The highest BCUT2D eigenvalue weighted by Crippen LogP contribution is 2.29. The van der Waals surface area contributed by atoms with Gasteiger partial charge in [0.1, 0.15) is 0 Å². The van der Waals surface area contributed by atoms with Gasteiger partial charge in [-0.1, -0.05) is 26.0 Å². The Kier molecular flexibility index (Phi) is 4.09. The third kappa shape index (κ3) is 2.93. The average molecular weight is 211 g/mol. The Balaban J connectivity index is 2.97. The lowest BCUT2D eigenvalue weighted by Crippen LogP contribution is -2.14. The van der Waals surface area contributed by atoms with Gasteiger partial charge in [-0.05, 0) is 18.4 Å². The summed E-state index contributed by atoms with van der Waals surface area (Å²) in [6, 6.07) is 4.68. The molecular formula is C12H18FNO. The summed E-state index contributed by atoms with van der Waals surface area (Å²) in [7, 11) is 1.46. The van der Waals surface area contributed by atoms with Gasteiger partial charge in [-0.2, -0.15) is 0 Å². The number of benzene rings is 1. The van der Waals surface area contributed by atoms with Gasteiger partial charge < -0.3 is 10.5 Å². The van der Waals surface area contributed by atoms with E-state index in [0.717, 1.165) is 12.0 Å². The summed E-state index contributed by atoms with van der Waals surface area (Å²) in [5.74, 6) is 0.396. The predicted octanol–water partition coefficient (Wildman–Crippen LogP) is 2.88. The van der Waals surface area contributed by atoms with Crippen molar-refractivity contribution >= 4 is 0 Å². The maximum absolute atomic E-state index is 13.4. The molecule has 0 unspecified atom stereocenters. The fraction of sp³-hybridized carbons (Fsp3) is 0.500. The summed E-state index contributed by atoms with van der Waals surface area (Å²) >= 11 is 0. The Hall–Kier alpha value is -1.09. The van der Waals surface area contributed by atoms with Gasteiger partial charge >= 0.3 is 0 Å². The molecule has 1 rings (SSSR count). The van der Waals surface area contributed by atoms with E-state index in [2.05, 4.69) is 13.8 Å². The first-order valence-electron chi connectivity index (χ1n) is 5.14. The largest absolute Gasteiger partial charge is 0.493 e. The molecule has 1 aromatic carbocycles. The molecule has 15 heavy (non-hydrogen) atoms. The van der Waals surface area contributed by atoms with Gasteiger partial charge in [0.05, 0.1) is 7.11 Å². The molecule has 2 N–H and O–H groups in total. The molecule has 0 radical (unpaired) electrons. The fourth-order valence-corrected chi connectivity index (χ4v) is 1.67. The molecule has 2 nitrogen and oxygen atoms in total. The van der Waals surface area contributed by atoms with Crippen molar-refractivity contribution < 1.29 is 9.13 Å². The van der Waals surface area contributed by atoms with Gasteiger partial charge in [0.2, 0.25) is 0 Å². The SMILES string of the molecule is COc1c(F)cccc1[C@@H](N)CC(C)C. The minimum Gasteiger partial charge on any atom is -0.493 e. The number of para-hydroxylation sites is 1. The lowest BCUT2D eigenvalue weighted by atomic mass is 9.97. The quantitative estimate of drug-likeness (QED) is 0.831. The summed E-state index contributed by atoms with van der Waals surface area (Å²) in [6.45, 7) is 4.18. The Morgan fingerprint density at radius 1 is 1.40 bits per heavy atom. The van der Waals surface area contributed by atoms with E-state index >= 15 is 0 Å². The van der Waals surface area contributed by atoms with Crippen LogP contribution in [0.1, 0.15) is 31.9 Å². The average Bonchev–Trinajstić information content (AvgIpc) is 2.16. The van der Waals surface area contributed by atoms with Crippen LogP contribution in [0.15, 0.2) is 18.2 Å². The second-order valence-electron chi connectivity index (χ2n) is 4.10. The number of rotatable bonds is 4. The monoisotopic (exact) mass is 211 g/mol. The van der Waals surface area contributed by atoms with Crippen molar-refractivity contribution in [3.63, 3.8) is 0 Å². The highest BCUT2D eigenvalue weighted by molar-refractivity contribution is 5.37. The van der Waals surface area contributed by atoms with Crippen molar-refractivity contribution in [2.24, 2.45) is 11.7 Å². The standard InChI is InChI=1S/C12H18FNO/c1-8(2)7-11(14)9-5-4-6-10(13)12(9)15-3/h4-6,8,11H,7,14H2,1-3H3/t11-/m0/s1. The third-order valence-corrected chi connectivity index (χ3v) is 2.33. The van der Waals surface area contributed by atoms with Gasteiger partial charge in [0.15, 0.2) is 11.6 Å². The highest BCUT2D eigenvalue weighted by atomic mass is 19.1. The summed E-state index contributed by atoms with van der Waals surface area (Å²) < 4.78 is 18.4. The van der Waals surface area contributed by atoms with Crippen molar-refractivity contribution in [1.29, 1.82) is 0 Å². The molecule has 0 spiro atoms. The number of methoxy groups -OCH3 is 1. The van der Waals surface area contributed by atoms with Crippen molar-refractivity contribution in [1.82, 2.24) is 0 Å². The van der Waals surface area contributed by atoms with Crippen molar-refractivity contribution in [2.75, 3.05) is 7.11 Å². The van der Waals surface area contributed by atoms with E-state index in [9.17, 15) is 4.39 Å². The van der Waals surface area contributed by atoms with Crippen LogP contribution >= 0.6 is 0 Å². The normalized spacial score (nSPS) is 12.9. The van der Waals surface area contributed by atoms with E-state index in [4.69, 9.17) is 10.5 Å². The van der Waals surface area contributed by atoms with E-state index in [0.29, 0.717) is 5.92 Å². The van der Waals surface area contributed by atoms with Crippen LogP contribution in [0.5, 0.6) is 5.75 Å². The van der Waals surface area contributed by atoms with Gasteiger partial charge in [-0.15, -0.1) is 0 Å². The maximum Gasteiger partial charge on any atom is 0.165 e. The molecule has 0 saturated heterocycles. The van der Waals surface area contributed by atoms with Gasteiger partial charge in [0.25, 0.3) is 0 Å². The molecule has 0 aliphatic rings. The van der Waals surface area contributed by atoms with Crippen molar-refractivity contribution in [2.45, 2.75) is 26.3 Å². The van der Waals surface area contributed by atoms with Gasteiger partial charge in [-0.3, -0.25) is 0 Å². The zero-order valence-corrected chi connectivity index (χ0v) is 9.46. The molecule has 1 atom stereocenters. The first-order valence-corrected chi connectivity index (χ1v) is 5.14. The topological polar surface area (TPSA) is 35.2 Å². The smallest absolute Gasteiger partial charge is 0.165 e. The van der Waals surface area contributed by atoms with Crippen LogP contribution in [-0.4, -0.2) is 7.11 Å². The van der Waals surface area contributed by atoms with E-state index in [-0.39, 0.29) is 17.6 Å². The van der Waals surface area contributed by atoms with Crippen molar-refractivity contribution in [3.05, 3.63) is 29.6 Å². The van der Waals surface area contributed by atoms with Crippen LogP contribution in [0.2, 0.25) is 0 Å². The van der Waals surface area contributed by atoms with Crippen molar-refractivity contribution in [3.8, 4) is 5.75 Å². The molecule has 1 aromatic rings. The molecule has 0 heterocycles. The highest BCUT2D eigenvalue weighted by Gasteiger charge is 2.15. The Labute approximate surface area is 90.2 Å². The lowest BCUT2D eigenvalue weighted by Gasteiger charge is -2.17. The third-order valence-electron chi connectivity index (χ3n) is 2.33. The Morgan fingerprint density at radius 3 is 2.60 bits per heavy atom. The zero-order valence-electron chi connectivity index (χ0n) is 9.46. The molecule has 0 aromatic heterocycles. The number of hydrogen-bond donors (Lipinski definition) is 1. The van der Waals surface area contributed by atoms with Crippen LogP contribution in [-0.2, 0) is 0 Å². The summed E-state index contributed by atoms with van der Waals surface area (Å²) in [5, 5.41) is 0. The number of hydrogen-bond acceptors (Lipinski definition) is 2. The molecule has 0 aliphatic carbocycles.